The zero-order valence-electron chi connectivity index (χ0n) is 13.4. The maximum atomic E-state index is 12.2. The van der Waals surface area contributed by atoms with E-state index in [0.717, 1.165) is 19.3 Å². The number of carbonyl (C=O) groups is 2. The highest BCUT2D eigenvalue weighted by atomic mass is 35.5. The number of aromatic nitrogens is 1. The molecular weight excluding hydrogens is 375 g/mol. The summed E-state index contributed by atoms with van der Waals surface area (Å²) >= 11 is 17.6. The van der Waals surface area contributed by atoms with Crippen molar-refractivity contribution in [3.05, 3.63) is 27.0 Å². The number of hydrogen-bond acceptors (Lipinski definition) is 4. The first kappa shape index (κ1) is 19.3. The number of hydrogen-bond donors (Lipinski definition) is 1. The van der Waals surface area contributed by atoms with Crippen molar-refractivity contribution in [1.82, 2.24) is 10.3 Å². The third-order valence-corrected chi connectivity index (χ3v) is 5.44. The first-order valence-electron chi connectivity index (χ1n) is 7.82. The summed E-state index contributed by atoms with van der Waals surface area (Å²) in [4.78, 5) is 28.2. The molecule has 1 saturated carbocycles. The highest BCUT2D eigenvalue weighted by molar-refractivity contribution is 6.48. The summed E-state index contributed by atoms with van der Waals surface area (Å²) in [5.41, 5.74) is -0.170. The molecule has 0 aliphatic heterocycles. The van der Waals surface area contributed by atoms with Gasteiger partial charge in [-0.3, -0.25) is 4.79 Å². The van der Waals surface area contributed by atoms with Crippen LogP contribution in [0.1, 0.15) is 50.0 Å². The van der Waals surface area contributed by atoms with Gasteiger partial charge in [0.25, 0.3) is 5.91 Å². The summed E-state index contributed by atoms with van der Waals surface area (Å²) in [6.45, 7) is 3.62. The lowest BCUT2D eigenvalue weighted by molar-refractivity contribution is -0.130. The van der Waals surface area contributed by atoms with Gasteiger partial charge >= 0.3 is 5.97 Å². The first-order valence-corrected chi connectivity index (χ1v) is 8.95. The second kappa shape index (κ2) is 8.37. The summed E-state index contributed by atoms with van der Waals surface area (Å²) in [5, 5.41) is 3.01. The van der Waals surface area contributed by atoms with E-state index >= 15 is 0 Å². The smallest absolute Gasteiger partial charge is 0.359 e. The van der Waals surface area contributed by atoms with Gasteiger partial charge in [0.05, 0.1) is 15.1 Å². The molecule has 1 aliphatic rings. The van der Waals surface area contributed by atoms with Crippen molar-refractivity contribution in [2.24, 2.45) is 5.92 Å². The molecule has 1 fully saturated rings. The number of rotatable bonds is 4. The minimum absolute atomic E-state index is 0.0217. The molecule has 0 unspecified atom stereocenters. The lowest BCUT2D eigenvalue weighted by Crippen LogP contribution is -2.46. The van der Waals surface area contributed by atoms with Crippen molar-refractivity contribution in [1.29, 1.82) is 0 Å². The monoisotopic (exact) mass is 392 g/mol. The number of nitrogens with zero attached hydrogens (tertiary/aromatic N) is 1. The van der Waals surface area contributed by atoms with E-state index in [9.17, 15) is 9.59 Å². The molecule has 1 aromatic rings. The number of ether oxygens (including phenoxy) is 1. The van der Waals surface area contributed by atoms with Gasteiger partial charge in [-0.05, 0) is 25.7 Å². The van der Waals surface area contributed by atoms with Crippen molar-refractivity contribution < 1.29 is 14.3 Å². The van der Waals surface area contributed by atoms with Crippen LogP contribution in [0.4, 0.5) is 0 Å². The molecule has 0 bridgehead atoms. The quantitative estimate of drug-likeness (QED) is 0.775. The normalized spacial score (nSPS) is 21.9. The highest BCUT2D eigenvalue weighted by Gasteiger charge is 2.27. The Balaban J connectivity index is 1.98. The van der Waals surface area contributed by atoms with E-state index in [-0.39, 0.29) is 32.7 Å². The number of pyridine rings is 1. The van der Waals surface area contributed by atoms with Crippen LogP contribution in [-0.4, -0.2) is 29.0 Å². The Morgan fingerprint density at radius 1 is 1.25 bits per heavy atom. The van der Waals surface area contributed by atoms with Crippen LogP contribution < -0.4 is 5.32 Å². The molecule has 0 radical (unpaired) electrons. The van der Waals surface area contributed by atoms with Crippen LogP contribution in [0.25, 0.3) is 0 Å². The molecule has 1 aromatic heterocycles. The van der Waals surface area contributed by atoms with Crippen molar-refractivity contribution in [2.75, 3.05) is 0 Å². The van der Waals surface area contributed by atoms with Crippen molar-refractivity contribution >= 4 is 46.7 Å². The van der Waals surface area contributed by atoms with Crippen LogP contribution in [-0.2, 0) is 9.53 Å². The standard InChI is InChI=1S/C16H19Cl3N2O3/c1-8-5-3-4-6-11(8)21-15(22)9(2)24-16(23)14-13(19)12(18)10(17)7-20-14/h7-9,11H,3-6H2,1-2H3,(H,21,22)/t8-,9-,11-/m1/s1. The summed E-state index contributed by atoms with van der Waals surface area (Å²) in [5.74, 6) is -0.743. The zero-order chi connectivity index (χ0) is 17.9. The SMILES string of the molecule is C[C@@H]1CCCC[C@H]1NC(=O)[C@@H](C)OC(=O)c1ncc(Cl)c(Cl)c1Cl. The summed E-state index contributed by atoms with van der Waals surface area (Å²) in [6.07, 6.45) is 4.54. The van der Waals surface area contributed by atoms with E-state index in [1.165, 1.54) is 19.5 Å². The number of amides is 1. The van der Waals surface area contributed by atoms with Crippen molar-refractivity contribution in [2.45, 2.75) is 51.7 Å². The molecule has 1 aliphatic carbocycles. The fraction of sp³-hybridized carbons (Fsp3) is 0.562. The van der Waals surface area contributed by atoms with Crippen LogP contribution in [0, 0.1) is 5.92 Å². The molecule has 0 spiro atoms. The van der Waals surface area contributed by atoms with Gasteiger partial charge in [0.15, 0.2) is 11.8 Å². The highest BCUT2D eigenvalue weighted by Crippen LogP contribution is 2.31. The number of nitrogens with one attached hydrogen (secondary N) is 1. The maximum Gasteiger partial charge on any atom is 0.359 e. The maximum absolute atomic E-state index is 12.2. The summed E-state index contributed by atoms with van der Waals surface area (Å²) in [7, 11) is 0. The van der Waals surface area contributed by atoms with Crippen LogP contribution in [0.15, 0.2) is 6.20 Å². The Hall–Kier alpha value is -1.04. The molecular formula is C16H19Cl3N2O3. The van der Waals surface area contributed by atoms with Crippen molar-refractivity contribution in [3.63, 3.8) is 0 Å². The minimum atomic E-state index is -0.959. The molecule has 1 N–H and O–H groups in total. The lowest BCUT2D eigenvalue weighted by atomic mass is 9.86. The molecule has 2 rings (SSSR count). The third kappa shape index (κ3) is 4.52. The molecule has 24 heavy (non-hydrogen) atoms. The molecule has 0 aromatic carbocycles. The van der Waals surface area contributed by atoms with Gasteiger partial charge < -0.3 is 10.1 Å². The predicted octanol–water partition coefficient (Wildman–Crippen LogP) is 4.28. The van der Waals surface area contributed by atoms with Gasteiger partial charge in [-0.1, -0.05) is 54.6 Å². The Labute approximate surface area is 156 Å². The number of halogens is 3. The van der Waals surface area contributed by atoms with Crippen LogP contribution in [0.2, 0.25) is 15.1 Å². The van der Waals surface area contributed by atoms with Gasteiger partial charge in [-0.25, -0.2) is 9.78 Å². The molecule has 8 heteroatoms. The zero-order valence-corrected chi connectivity index (χ0v) is 15.7. The second-order valence-corrected chi connectivity index (χ2v) is 7.17. The Morgan fingerprint density at radius 2 is 1.92 bits per heavy atom. The number of carbonyl (C=O) groups excluding carboxylic acids is 2. The molecule has 0 saturated heterocycles. The Bertz CT molecular complexity index is 639. The van der Waals surface area contributed by atoms with E-state index in [0.29, 0.717) is 5.92 Å². The molecule has 3 atom stereocenters. The van der Waals surface area contributed by atoms with E-state index in [1.807, 2.05) is 0 Å². The Kier molecular flexibility index (Phi) is 6.72. The average molecular weight is 394 g/mol. The third-order valence-electron chi connectivity index (χ3n) is 4.20. The van der Waals surface area contributed by atoms with Gasteiger partial charge in [0.2, 0.25) is 0 Å². The topological polar surface area (TPSA) is 68.3 Å². The van der Waals surface area contributed by atoms with E-state index in [4.69, 9.17) is 39.5 Å². The fourth-order valence-corrected chi connectivity index (χ4v) is 3.24. The second-order valence-electron chi connectivity index (χ2n) is 6.01. The van der Waals surface area contributed by atoms with Crippen LogP contribution in [0.5, 0.6) is 0 Å². The summed E-state index contributed by atoms with van der Waals surface area (Å²) < 4.78 is 5.15. The van der Waals surface area contributed by atoms with E-state index < -0.39 is 12.1 Å². The van der Waals surface area contributed by atoms with Gasteiger partial charge in [0.1, 0.15) is 0 Å². The molecule has 1 heterocycles. The summed E-state index contributed by atoms with van der Waals surface area (Å²) in [6, 6.07) is 0.110. The lowest BCUT2D eigenvalue weighted by Gasteiger charge is -2.30. The minimum Gasteiger partial charge on any atom is -0.448 e. The average Bonchev–Trinajstić information content (AvgIpc) is 2.54. The molecule has 1 amide bonds. The molecule has 5 nitrogen and oxygen atoms in total. The van der Waals surface area contributed by atoms with Gasteiger partial charge in [-0.2, -0.15) is 0 Å². The largest absolute Gasteiger partial charge is 0.448 e. The molecule has 132 valence electrons. The van der Waals surface area contributed by atoms with Crippen LogP contribution in [0.3, 0.4) is 0 Å². The van der Waals surface area contributed by atoms with Gasteiger partial charge in [0, 0.05) is 12.2 Å². The fourth-order valence-electron chi connectivity index (χ4n) is 2.69. The van der Waals surface area contributed by atoms with Gasteiger partial charge in [-0.15, -0.1) is 0 Å². The first-order chi connectivity index (χ1) is 11.3. The van der Waals surface area contributed by atoms with Crippen LogP contribution >= 0.6 is 34.8 Å². The van der Waals surface area contributed by atoms with E-state index in [2.05, 4.69) is 17.2 Å². The van der Waals surface area contributed by atoms with Crippen molar-refractivity contribution in [3.8, 4) is 0 Å². The van der Waals surface area contributed by atoms with E-state index in [1.54, 1.807) is 0 Å². The number of esters is 1. The predicted molar refractivity (Wildman–Crippen MR) is 93.7 cm³/mol. The Morgan fingerprint density at radius 3 is 2.58 bits per heavy atom.